The largest absolute Gasteiger partial charge is 0.497 e. The van der Waals surface area contributed by atoms with Gasteiger partial charge in [-0.3, -0.25) is 4.79 Å². The molecular formula is C17H20O5. The molecule has 5 heteroatoms. The van der Waals surface area contributed by atoms with Crippen LogP contribution in [0.4, 0.5) is 0 Å². The van der Waals surface area contributed by atoms with E-state index in [-0.39, 0.29) is 24.1 Å². The SMILES string of the molecule is COc1ccc(C2OC[C@H]3O[C@@H](CC(C)=O)C=C[C@@H]3O2)cc1. The summed E-state index contributed by atoms with van der Waals surface area (Å²) in [5.74, 6) is 0.910. The van der Waals surface area contributed by atoms with Crippen LogP contribution in [0.15, 0.2) is 36.4 Å². The lowest BCUT2D eigenvalue weighted by molar-refractivity contribution is -0.262. The van der Waals surface area contributed by atoms with E-state index in [1.807, 2.05) is 36.4 Å². The molecule has 3 rings (SSSR count). The fraction of sp³-hybridized carbons (Fsp3) is 0.471. The summed E-state index contributed by atoms with van der Waals surface area (Å²) >= 11 is 0. The van der Waals surface area contributed by atoms with Crippen molar-refractivity contribution in [1.29, 1.82) is 0 Å². The Morgan fingerprint density at radius 2 is 2.00 bits per heavy atom. The van der Waals surface area contributed by atoms with Crippen molar-refractivity contribution in [2.24, 2.45) is 0 Å². The van der Waals surface area contributed by atoms with E-state index < -0.39 is 6.29 Å². The zero-order valence-electron chi connectivity index (χ0n) is 12.7. The van der Waals surface area contributed by atoms with Gasteiger partial charge in [-0.2, -0.15) is 0 Å². The van der Waals surface area contributed by atoms with Gasteiger partial charge in [0.2, 0.25) is 0 Å². The van der Waals surface area contributed by atoms with Crippen molar-refractivity contribution in [1.82, 2.24) is 0 Å². The summed E-state index contributed by atoms with van der Waals surface area (Å²) in [5, 5.41) is 0. The highest BCUT2D eigenvalue weighted by molar-refractivity contribution is 5.76. The molecule has 118 valence electrons. The molecule has 1 aromatic carbocycles. The maximum atomic E-state index is 11.2. The summed E-state index contributed by atoms with van der Waals surface area (Å²) in [5.41, 5.74) is 0.943. The normalized spacial score (nSPS) is 30.6. The molecule has 2 heterocycles. The molecule has 5 nitrogen and oxygen atoms in total. The Bertz CT molecular complexity index is 551. The Balaban J connectivity index is 1.65. The van der Waals surface area contributed by atoms with Gasteiger partial charge in [0.05, 0.1) is 19.8 Å². The first-order valence-electron chi connectivity index (χ1n) is 7.40. The second kappa shape index (κ2) is 6.60. The van der Waals surface area contributed by atoms with Gasteiger partial charge in [0.15, 0.2) is 6.29 Å². The van der Waals surface area contributed by atoms with Crippen molar-refractivity contribution in [3.05, 3.63) is 42.0 Å². The summed E-state index contributed by atoms with van der Waals surface area (Å²) in [6, 6.07) is 7.61. The van der Waals surface area contributed by atoms with Gasteiger partial charge in [-0.05, 0) is 19.1 Å². The minimum absolute atomic E-state index is 0.113. The minimum atomic E-state index is -0.412. The molecule has 2 aliphatic heterocycles. The van der Waals surface area contributed by atoms with Gasteiger partial charge in [-0.15, -0.1) is 0 Å². The lowest BCUT2D eigenvalue weighted by Crippen LogP contribution is -2.45. The molecule has 0 radical (unpaired) electrons. The average Bonchev–Trinajstić information content (AvgIpc) is 2.54. The first kappa shape index (κ1) is 15.2. The van der Waals surface area contributed by atoms with Gasteiger partial charge >= 0.3 is 0 Å². The van der Waals surface area contributed by atoms with E-state index in [2.05, 4.69) is 0 Å². The number of ketones is 1. The summed E-state index contributed by atoms with van der Waals surface area (Å²) in [4.78, 5) is 11.2. The van der Waals surface area contributed by atoms with Crippen molar-refractivity contribution in [3.63, 3.8) is 0 Å². The summed E-state index contributed by atoms with van der Waals surface area (Å²) in [6.45, 7) is 2.01. The molecule has 0 aliphatic carbocycles. The monoisotopic (exact) mass is 304 g/mol. The van der Waals surface area contributed by atoms with Crippen LogP contribution in [0.25, 0.3) is 0 Å². The number of carbonyl (C=O) groups excluding carboxylic acids is 1. The standard InChI is InChI=1S/C17H20O5/c1-11(18)9-14-7-8-15-16(21-14)10-20-17(22-15)12-3-5-13(19-2)6-4-12/h3-8,14-17H,9-10H2,1-2H3/t14-,15+,16-,17?/m1/s1. The summed E-state index contributed by atoms with van der Waals surface area (Å²) in [7, 11) is 1.63. The smallest absolute Gasteiger partial charge is 0.184 e. The molecule has 0 aromatic heterocycles. The van der Waals surface area contributed by atoms with Crippen LogP contribution in [0.5, 0.6) is 5.75 Å². The lowest BCUT2D eigenvalue weighted by atomic mass is 10.0. The highest BCUT2D eigenvalue weighted by Crippen LogP contribution is 2.32. The van der Waals surface area contributed by atoms with Crippen LogP contribution >= 0.6 is 0 Å². The quantitative estimate of drug-likeness (QED) is 0.800. The molecule has 22 heavy (non-hydrogen) atoms. The maximum Gasteiger partial charge on any atom is 0.184 e. The Kier molecular flexibility index (Phi) is 4.57. The first-order valence-corrected chi connectivity index (χ1v) is 7.40. The predicted octanol–water partition coefficient (Wildman–Crippen LogP) is 2.41. The Labute approximate surface area is 129 Å². The molecular weight excluding hydrogens is 284 g/mol. The number of Topliss-reactive ketones (excluding diaryl/α,β-unsaturated/α-hetero) is 1. The van der Waals surface area contributed by atoms with E-state index in [1.54, 1.807) is 14.0 Å². The van der Waals surface area contributed by atoms with Gasteiger partial charge in [-0.1, -0.05) is 24.3 Å². The Morgan fingerprint density at radius 1 is 1.23 bits per heavy atom. The van der Waals surface area contributed by atoms with Gasteiger partial charge in [0, 0.05) is 12.0 Å². The van der Waals surface area contributed by atoms with Gasteiger partial charge < -0.3 is 18.9 Å². The van der Waals surface area contributed by atoms with E-state index in [0.29, 0.717) is 13.0 Å². The Morgan fingerprint density at radius 3 is 2.68 bits per heavy atom. The van der Waals surface area contributed by atoms with Gasteiger partial charge in [0.25, 0.3) is 0 Å². The third-order valence-electron chi connectivity index (χ3n) is 3.80. The zero-order valence-corrected chi connectivity index (χ0v) is 12.7. The third kappa shape index (κ3) is 3.38. The van der Waals surface area contributed by atoms with Crippen LogP contribution in [0.3, 0.4) is 0 Å². The van der Waals surface area contributed by atoms with Crippen LogP contribution in [-0.4, -0.2) is 37.8 Å². The highest BCUT2D eigenvalue weighted by Gasteiger charge is 2.35. The van der Waals surface area contributed by atoms with Crippen molar-refractivity contribution in [2.75, 3.05) is 13.7 Å². The molecule has 2 aliphatic rings. The van der Waals surface area contributed by atoms with Crippen LogP contribution < -0.4 is 4.74 Å². The number of methoxy groups -OCH3 is 1. The number of hydrogen-bond acceptors (Lipinski definition) is 5. The Hall–Kier alpha value is -1.69. The molecule has 1 fully saturated rings. The number of benzene rings is 1. The first-order chi connectivity index (χ1) is 10.7. The molecule has 4 atom stereocenters. The van der Waals surface area contributed by atoms with Gasteiger partial charge in [-0.25, -0.2) is 0 Å². The molecule has 1 saturated heterocycles. The molecule has 1 aromatic rings. The fourth-order valence-corrected chi connectivity index (χ4v) is 2.67. The highest BCUT2D eigenvalue weighted by atomic mass is 16.7. The van der Waals surface area contributed by atoms with Crippen LogP contribution in [0.2, 0.25) is 0 Å². The number of hydrogen-bond donors (Lipinski definition) is 0. The predicted molar refractivity (Wildman–Crippen MR) is 79.7 cm³/mol. The van der Waals surface area contributed by atoms with Crippen molar-refractivity contribution in [2.45, 2.75) is 37.9 Å². The van der Waals surface area contributed by atoms with Crippen LogP contribution in [-0.2, 0) is 19.0 Å². The number of rotatable bonds is 4. The molecule has 0 N–H and O–H groups in total. The van der Waals surface area contributed by atoms with E-state index in [0.717, 1.165) is 11.3 Å². The van der Waals surface area contributed by atoms with Crippen molar-refractivity contribution >= 4 is 5.78 Å². The summed E-state index contributed by atoms with van der Waals surface area (Å²) in [6.07, 6.45) is 3.36. The van der Waals surface area contributed by atoms with E-state index in [1.165, 1.54) is 0 Å². The summed E-state index contributed by atoms with van der Waals surface area (Å²) < 4.78 is 22.7. The second-order valence-corrected chi connectivity index (χ2v) is 5.54. The number of fused-ring (bicyclic) bond motifs is 1. The van der Waals surface area contributed by atoms with Crippen molar-refractivity contribution in [3.8, 4) is 5.75 Å². The van der Waals surface area contributed by atoms with E-state index >= 15 is 0 Å². The van der Waals surface area contributed by atoms with E-state index in [4.69, 9.17) is 18.9 Å². The van der Waals surface area contributed by atoms with Crippen molar-refractivity contribution < 1.29 is 23.7 Å². The lowest BCUT2D eigenvalue weighted by Gasteiger charge is -2.39. The molecule has 0 bridgehead atoms. The van der Waals surface area contributed by atoms with Crippen LogP contribution in [0, 0.1) is 0 Å². The molecule has 0 spiro atoms. The zero-order chi connectivity index (χ0) is 15.5. The minimum Gasteiger partial charge on any atom is -0.497 e. The van der Waals surface area contributed by atoms with Crippen LogP contribution in [0.1, 0.15) is 25.2 Å². The molecule has 1 unspecified atom stereocenters. The fourth-order valence-electron chi connectivity index (χ4n) is 2.67. The topological polar surface area (TPSA) is 54.0 Å². The second-order valence-electron chi connectivity index (χ2n) is 5.54. The average molecular weight is 304 g/mol. The third-order valence-corrected chi connectivity index (χ3v) is 3.80. The molecule has 0 amide bonds. The van der Waals surface area contributed by atoms with E-state index in [9.17, 15) is 4.79 Å². The van der Waals surface area contributed by atoms with Gasteiger partial charge in [0.1, 0.15) is 23.7 Å². The number of carbonyl (C=O) groups is 1. The molecule has 0 saturated carbocycles. The number of ether oxygens (including phenoxy) is 4. The maximum absolute atomic E-state index is 11.2.